The Morgan fingerprint density at radius 2 is 1.72 bits per heavy atom. The predicted molar refractivity (Wildman–Crippen MR) is 64.1 cm³/mol. The molecule has 0 aromatic heterocycles. The fraction of sp³-hybridized carbons (Fsp3) is 0.727. The van der Waals surface area contributed by atoms with Crippen molar-refractivity contribution in [3.63, 3.8) is 0 Å². The van der Waals surface area contributed by atoms with Crippen LogP contribution in [0.2, 0.25) is 0 Å². The van der Waals surface area contributed by atoms with Gasteiger partial charge in [0.05, 0.1) is 12.5 Å². The van der Waals surface area contributed by atoms with Gasteiger partial charge in [-0.2, -0.15) is 0 Å². The average molecular weight is 260 g/mol. The van der Waals surface area contributed by atoms with Crippen LogP contribution < -0.4 is 10.6 Å². The van der Waals surface area contributed by atoms with Crippen LogP contribution in [0.5, 0.6) is 0 Å². The highest BCUT2D eigenvalue weighted by molar-refractivity contribution is 5.75. The molecule has 0 aromatic rings. The first kappa shape index (κ1) is 16.2. The molecule has 0 fully saturated rings. The van der Waals surface area contributed by atoms with Crippen LogP contribution in [0.3, 0.4) is 0 Å². The number of aliphatic carboxylic acids is 1. The topological polar surface area (TPSA) is 105 Å². The van der Waals surface area contributed by atoms with Gasteiger partial charge in [-0.1, -0.05) is 0 Å². The third kappa shape index (κ3) is 10.7. The molecule has 0 radical (unpaired) electrons. The smallest absolute Gasteiger partial charge is 0.314 e. The Bertz CT molecular complexity index is 291. The second-order valence-corrected chi connectivity index (χ2v) is 3.97. The fourth-order valence-electron chi connectivity index (χ4n) is 1.10. The van der Waals surface area contributed by atoms with E-state index >= 15 is 0 Å². The second-order valence-electron chi connectivity index (χ2n) is 3.97. The summed E-state index contributed by atoms with van der Waals surface area (Å²) in [7, 11) is 0. The summed E-state index contributed by atoms with van der Waals surface area (Å²) >= 11 is 0. The van der Waals surface area contributed by atoms with Crippen molar-refractivity contribution in [1.82, 2.24) is 10.6 Å². The molecule has 7 nitrogen and oxygen atoms in total. The lowest BCUT2D eigenvalue weighted by Gasteiger charge is -2.09. The van der Waals surface area contributed by atoms with Gasteiger partial charge in [0.25, 0.3) is 0 Å². The summed E-state index contributed by atoms with van der Waals surface area (Å²) in [4.78, 5) is 32.5. The van der Waals surface area contributed by atoms with E-state index in [1.807, 2.05) is 0 Å². The Balaban J connectivity index is 3.47. The van der Waals surface area contributed by atoms with Gasteiger partial charge in [-0.05, 0) is 20.3 Å². The lowest BCUT2D eigenvalue weighted by atomic mass is 10.3. The first-order valence-corrected chi connectivity index (χ1v) is 5.84. The van der Waals surface area contributed by atoms with Crippen molar-refractivity contribution < 1.29 is 24.2 Å². The molecule has 0 bridgehead atoms. The number of nitrogens with one attached hydrogen (secondary N) is 2. The number of carboxylic acids is 1. The second kappa shape index (κ2) is 9.26. The molecule has 104 valence electrons. The van der Waals surface area contributed by atoms with Crippen LogP contribution in [0.15, 0.2) is 0 Å². The van der Waals surface area contributed by atoms with Crippen molar-refractivity contribution in [3.8, 4) is 0 Å². The summed E-state index contributed by atoms with van der Waals surface area (Å²) in [5.74, 6) is -1.26. The lowest BCUT2D eigenvalue weighted by molar-refractivity contribution is -0.147. The molecule has 0 saturated carbocycles. The molecule has 0 atom stereocenters. The number of ether oxygens (including phenoxy) is 1. The number of rotatable bonds is 8. The van der Waals surface area contributed by atoms with Gasteiger partial charge in [0.1, 0.15) is 0 Å². The Kier molecular flexibility index (Phi) is 8.34. The van der Waals surface area contributed by atoms with Crippen LogP contribution in [0.4, 0.5) is 4.79 Å². The first-order valence-electron chi connectivity index (χ1n) is 5.84. The zero-order chi connectivity index (χ0) is 14.0. The number of carboxylic acid groups (broad SMARTS) is 1. The van der Waals surface area contributed by atoms with Crippen LogP contribution in [0.1, 0.15) is 33.1 Å². The molecule has 0 unspecified atom stereocenters. The molecule has 0 aliphatic heterocycles. The molecule has 7 heteroatoms. The molecule has 0 saturated heterocycles. The van der Waals surface area contributed by atoms with Gasteiger partial charge in [0.2, 0.25) is 0 Å². The van der Waals surface area contributed by atoms with Gasteiger partial charge in [-0.3, -0.25) is 9.59 Å². The summed E-state index contributed by atoms with van der Waals surface area (Å²) in [6.45, 7) is 3.98. The van der Waals surface area contributed by atoms with Crippen molar-refractivity contribution in [2.24, 2.45) is 0 Å². The minimum absolute atomic E-state index is 0.0149. The molecular formula is C11H20N2O5. The number of hydrogen-bond acceptors (Lipinski definition) is 4. The number of carbonyl (C=O) groups is 3. The molecule has 0 rings (SSSR count). The predicted octanol–water partition coefficient (Wildman–Crippen LogP) is 0.492. The van der Waals surface area contributed by atoms with Crippen LogP contribution in [0, 0.1) is 0 Å². The van der Waals surface area contributed by atoms with E-state index in [0.717, 1.165) is 0 Å². The van der Waals surface area contributed by atoms with Crippen molar-refractivity contribution in [1.29, 1.82) is 0 Å². The SMILES string of the molecule is CC(C)OC(=O)CCNC(=O)NCCCC(=O)O. The van der Waals surface area contributed by atoms with Crippen LogP contribution in [-0.4, -0.2) is 42.3 Å². The summed E-state index contributed by atoms with van der Waals surface area (Å²) in [6, 6.07) is -0.419. The third-order valence-electron chi connectivity index (χ3n) is 1.83. The van der Waals surface area contributed by atoms with Gasteiger partial charge >= 0.3 is 18.0 Å². The minimum atomic E-state index is -0.895. The summed E-state index contributed by atoms with van der Waals surface area (Å²) in [5, 5.41) is 13.3. The Labute approximate surface area is 106 Å². The largest absolute Gasteiger partial charge is 0.481 e. The fourth-order valence-corrected chi connectivity index (χ4v) is 1.10. The normalized spacial score (nSPS) is 9.94. The quantitative estimate of drug-likeness (QED) is 0.435. The maximum Gasteiger partial charge on any atom is 0.314 e. The number of esters is 1. The number of urea groups is 1. The van der Waals surface area contributed by atoms with Crippen molar-refractivity contribution in [2.75, 3.05) is 13.1 Å². The monoisotopic (exact) mass is 260 g/mol. The Morgan fingerprint density at radius 1 is 1.11 bits per heavy atom. The zero-order valence-electron chi connectivity index (χ0n) is 10.7. The summed E-state index contributed by atoms with van der Waals surface area (Å²) in [5.41, 5.74) is 0. The van der Waals surface area contributed by atoms with Gasteiger partial charge in [-0.25, -0.2) is 4.79 Å². The van der Waals surface area contributed by atoms with E-state index in [1.165, 1.54) is 0 Å². The third-order valence-corrected chi connectivity index (χ3v) is 1.83. The minimum Gasteiger partial charge on any atom is -0.481 e. The molecule has 0 aromatic carbocycles. The van der Waals surface area contributed by atoms with Crippen LogP contribution in [-0.2, 0) is 14.3 Å². The highest BCUT2D eigenvalue weighted by Gasteiger charge is 2.06. The highest BCUT2D eigenvalue weighted by atomic mass is 16.5. The van der Waals surface area contributed by atoms with E-state index < -0.39 is 12.0 Å². The molecule has 0 aliphatic carbocycles. The molecule has 0 heterocycles. The van der Waals surface area contributed by atoms with E-state index in [-0.39, 0.29) is 38.0 Å². The molecule has 0 aliphatic rings. The average Bonchev–Trinajstić information content (AvgIpc) is 2.23. The van der Waals surface area contributed by atoms with E-state index in [4.69, 9.17) is 9.84 Å². The van der Waals surface area contributed by atoms with Crippen molar-refractivity contribution >= 4 is 18.0 Å². The molecule has 18 heavy (non-hydrogen) atoms. The van der Waals surface area contributed by atoms with E-state index in [2.05, 4.69) is 10.6 Å². The van der Waals surface area contributed by atoms with Gasteiger partial charge < -0.3 is 20.5 Å². The van der Waals surface area contributed by atoms with Crippen molar-refractivity contribution in [3.05, 3.63) is 0 Å². The zero-order valence-corrected chi connectivity index (χ0v) is 10.7. The van der Waals surface area contributed by atoms with Crippen LogP contribution in [0.25, 0.3) is 0 Å². The maximum atomic E-state index is 11.2. The summed E-state index contributed by atoms with van der Waals surface area (Å²) in [6.07, 6.45) is 0.335. The standard InChI is InChI=1S/C11H20N2O5/c1-8(2)18-10(16)5-7-13-11(17)12-6-3-4-9(14)15/h8H,3-7H2,1-2H3,(H,14,15)(H2,12,13,17). The van der Waals surface area contributed by atoms with E-state index in [0.29, 0.717) is 6.42 Å². The highest BCUT2D eigenvalue weighted by Crippen LogP contribution is 1.92. The van der Waals surface area contributed by atoms with Gasteiger partial charge in [0.15, 0.2) is 0 Å². The van der Waals surface area contributed by atoms with Crippen LogP contribution >= 0.6 is 0 Å². The number of carbonyl (C=O) groups excluding carboxylic acids is 2. The Hall–Kier alpha value is -1.79. The Morgan fingerprint density at radius 3 is 2.28 bits per heavy atom. The van der Waals surface area contributed by atoms with E-state index in [9.17, 15) is 14.4 Å². The maximum absolute atomic E-state index is 11.2. The van der Waals surface area contributed by atoms with Crippen molar-refractivity contribution in [2.45, 2.75) is 39.2 Å². The molecule has 3 N–H and O–H groups in total. The number of amides is 2. The first-order chi connectivity index (χ1) is 8.41. The lowest BCUT2D eigenvalue weighted by Crippen LogP contribution is -2.37. The van der Waals surface area contributed by atoms with Gasteiger partial charge in [-0.15, -0.1) is 0 Å². The summed E-state index contributed by atoms with van der Waals surface area (Å²) < 4.78 is 4.88. The number of hydrogen-bond donors (Lipinski definition) is 3. The molecule has 2 amide bonds. The van der Waals surface area contributed by atoms with Gasteiger partial charge in [0, 0.05) is 19.5 Å². The molecular weight excluding hydrogens is 240 g/mol. The molecule has 0 spiro atoms. The van der Waals surface area contributed by atoms with E-state index in [1.54, 1.807) is 13.8 Å².